The topological polar surface area (TPSA) is 74.7 Å². The van der Waals surface area contributed by atoms with E-state index < -0.39 is 16.0 Å². The molecule has 0 spiro atoms. The van der Waals surface area contributed by atoms with Gasteiger partial charge in [0.15, 0.2) is 0 Å². The minimum absolute atomic E-state index is 0.00911. The van der Waals surface area contributed by atoms with Crippen LogP contribution >= 0.6 is 23.2 Å². The zero-order valence-electron chi connectivity index (χ0n) is 14.7. The maximum atomic E-state index is 13.4. The molecular weight excluding hydrogens is 421 g/mol. The zero-order valence-corrected chi connectivity index (χ0v) is 17.0. The average molecular weight is 438 g/mol. The second-order valence-electron chi connectivity index (χ2n) is 6.15. The summed E-state index contributed by atoms with van der Waals surface area (Å²) in [6, 6.07) is 16.9. The third-order valence-electron chi connectivity index (χ3n) is 4.27. The molecule has 0 radical (unpaired) electrons. The second-order valence-corrected chi connectivity index (χ2v) is 8.83. The Balaban J connectivity index is 2.12. The Kier molecular flexibility index (Phi) is 6.13. The quantitative estimate of drug-likeness (QED) is 0.550. The first kappa shape index (κ1) is 20.5. The van der Waals surface area contributed by atoms with Crippen molar-refractivity contribution in [3.63, 3.8) is 0 Å². The van der Waals surface area contributed by atoms with Gasteiger partial charge in [0.05, 0.1) is 20.6 Å². The maximum absolute atomic E-state index is 13.4. The van der Waals surface area contributed by atoms with Gasteiger partial charge in [0.2, 0.25) is 0 Å². The van der Waals surface area contributed by atoms with Crippen molar-refractivity contribution < 1.29 is 18.3 Å². The number of anilines is 1. The number of nitrogens with zero attached hydrogens (tertiary/aromatic N) is 1. The molecule has 8 heteroatoms. The summed E-state index contributed by atoms with van der Waals surface area (Å²) < 4.78 is 28.0. The number of halogens is 2. The molecule has 0 bridgehead atoms. The van der Waals surface area contributed by atoms with E-state index in [1.807, 2.05) is 30.3 Å². The highest BCUT2D eigenvalue weighted by atomic mass is 35.5. The van der Waals surface area contributed by atoms with E-state index in [1.54, 1.807) is 12.1 Å². The fourth-order valence-corrected chi connectivity index (χ4v) is 4.85. The summed E-state index contributed by atoms with van der Waals surface area (Å²) >= 11 is 11.9. The van der Waals surface area contributed by atoms with Crippen molar-refractivity contribution in [1.29, 1.82) is 0 Å². The van der Waals surface area contributed by atoms with Crippen molar-refractivity contribution in [2.75, 3.05) is 10.8 Å². The van der Waals surface area contributed by atoms with Gasteiger partial charge in [-0.25, -0.2) is 8.42 Å². The molecule has 0 aliphatic carbocycles. The minimum Gasteiger partial charge on any atom is -0.481 e. The highest BCUT2D eigenvalue weighted by Crippen LogP contribution is 2.33. The molecule has 0 aliphatic rings. The fraction of sp³-hybridized carbons (Fsp3) is 0.150. The lowest BCUT2D eigenvalue weighted by Gasteiger charge is -2.26. The van der Waals surface area contributed by atoms with Gasteiger partial charge < -0.3 is 5.11 Å². The summed E-state index contributed by atoms with van der Waals surface area (Å²) in [6.07, 6.45) is 0.0251. The number of fused-ring (bicyclic) bond motifs is 1. The largest absolute Gasteiger partial charge is 0.481 e. The highest BCUT2D eigenvalue weighted by Gasteiger charge is 2.27. The number of carboxylic acids is 1. The van der Waals surface area contributed by atoms with Gasteiger partial charge in [-0.3, -0.25) is 9.10 Å². The Labute approximate surface area is 173 Å². The van der Waals surface area contributed by atoms with Crippen molar-refractivity contribution in [2.45, 2.75) is 17.7 Å². The molecule has 0 fully saturated rings. The van der Waals surface area contributed by atoms with Crippen molar-refractivity contribution in [3.8, 4) is 0 Å². The Hall–Kier alpha value is -2.28. The molecule has 0 saturated carbocycles. The van der Waals surface area contributed by atoms with Gasteiger partial charge in [-0.15, -0.1) is 0 Å². The van der Waals surface area contributed by atoms with E-state index in [1.165, 1.54) is 22.5 Å². The summed E-state index contributed by atoms with van der Waals surface area (Å²) in [5.74, 6) is -0.982. The van der Waals surface area contributed by atoms with Gasteiger partial charge in [0.25, 0.3) is 10.0 Å². The van der Waals surface area contributed by atoms with Crippen molar-refractivity contribution in [3.05, 3.63) is 70.7 Å². The lowest BCUT2D eigenvalue weighted by atomic mass is 10.1. The Bertz CT molecular complexity index is 1130. The van der Waals surface area contributed by atoms with Gasteiger partial charge in [-0.1, -0.05) is 59.6 Å². The van der Waals surface area contributed by atoms with E-state index in [9.17, 15) is 13.2 Å². The third kappa shape index (κ3) is 4.24. The standard InChI is InChI=1S/C20H17Cl2NO4S/c21-17-11-10-15(13-18(17)22)28(26,27)23(12-4-9-20(24)25)19-8-3-6-14-5-1-2-7-16(14)19/h1-3,5-8,10-11,13H,4,9,12H2,(H,24,25). The molecule has 146 valence electrons. The molecular formula is C20H17Cl2NO4S. The van der Waals surface area contributed by atoms with Crippen LogP contribution in [0.3, 0.4) is 0 Å². The summed E-state index contributed by atoms with van der Waals surface area (Å²) in [7, 11) is -3.99. The predicted molar refractivity (Wildman–Crippen MR) is 112 cm³/mol. The SMILES string of the molecule is O=C(O)CCCN(c1cccc2ccccc12)S(=O)(=O)c1ccc(Cl)c(Cl)c1. The van der Waals surface area contributed by atoms with Gasteiger partial charge in [-0.05, 0) is 36.1 Å². The Morgan fingerprint density at radius 3 is 2.39 bits per heavy atom. The highest BCUT2D eigenvalue weighted by molar-refractivity contribution is 7.92. The van der Waals surface area contributed by atoms with E-state index >= 15 is 0 Å². The van der Waals surface area contributed by atoms with Crippen LogP contribution in [0, 0.1) is 0 Å². The summed E-state index contributed by atoms with van der Waals surface area (Å²) in [6.45, 7) is 0.0168. The van der Waals surface area contributed by atoms with Crippen LogP contribution in [0.25, 0.3) is 10.8 Å². The van der Waals surface area contributed by atoms with Crippen LogP contribution < -0.4 is 4.31 Å². The van der Waals surface area contributed by atoms with Crippen LogP contribution in [0.4, 0.5) is 5.69 Å². The Morgan fingerprint density at radius 1 is 0.964 bits per heavy atom. The summed E-state index contributed by atoms with van der Waals surface area (Å²) in [5, 5.41) is 11.0. The first-order valence-electron chi connectivity index (χ1n) is 8.48. The van der Waals surface area contributed by atoms with Crippen LogP contribution in [-0.2, 0) is 14.8 Å². The van der Waals surface area contributed by atoms with E-state index in [2.05, 4.69) is 0 Å². The lowest BCUT2D eigenvalue weighted by Crippen LogP contribution is -2.32. The van der Waals surface area contributed by atoms with Crippen molar-refractivity contribution in [1.82, 2.24) is 0 Å². The van der Waals surface area contributed by atoms with Gasteiger partial charge in [0.1, 0.15) is 0 Å². The second kappa shape index (κ2) is 8.39. The van der Waals surface area contributed by atoms with E-state index in [0.717, 1.165) is 10.8 Å². The van der Waals surface area contributed by atoms with Crippen LogP contribution in [0.5, 0.6) is 0 Å². The number of sulfonamides is 1. The number of hydrogen-bond acceptors (Lipinski definition) is 3. The molecule has 0 amide bonds. The van der Waals surface area contributed by atoms with Gasteiger partial charge >= 0.3 is 5.97 Å². The fourth-order valence-electron chi connectivity index (χ4n) is 2.93. The molecule has 0 unspecified atom stereocenters. The van der Waals surface area contributed by atoms with Crippen molar-refractivity contribution >= 4 is 55.7 Å². The number of hydrogen-bond donors (Lipinski definition) is 1. The molecule has 0 aromatic heterocycles. The number of rotatable bonds is 7. The lowest BCUT2D eigenvalue weighted by molar-refractivity contribution is -0.137. The summed E-state index contributed by atoms with van der Waals surface area (Å²) in [4.78, 5) is 10.9. The first-order chi connectivity index (χ1) is 13.3. The molecule has 3 aromatic carbocycles. The first-order valence-corrected chi connectivity index (χ1v) is 10.7. The molecule has 0 heterocycles. The molecule has 5 nitrogen and oxygen atoms in total. The molecule has 0 atom stereocenters. The molecule has 3 rings (SSSR count). The summed E-state index contributed by atoms with van der Waals surface area (Å²) in [5.41, 5.74) is 0.481. The molecule has 3 aromatic rings. The molecule has 28 heavy (non-hydrogen) atoms. The van der Waals surface area contributed by atoms with Gasteiger partial charge in [-0.2, -0.15) is 0 Å². The molecule has 0 saturated heterocycles. The number of benzene rings is 3. The van der Waals surface area contributed by atoms with Crippen LogP contribution in [0.15, 0.2) is 65.6 Å². The smallest absolute Gasteiger partial charge is 0.303 e. The van der Waals surface area contributed by atoms with Crippen LogP contribution in [0.2, 0.25) is 10.0 Å². The monoisotopic (exact) mass is 437 g/mol. The number of carbonyl (C=O) groups is 1. The van der Waals surface area contributed by atoms with E-state index in [4.69, 9.17) is 28.3 Å². The average Bonchev–Trinajstić information content (AvgIpc) is 2.66. The third-order valence-corrected chi connectivity index (χ3v) is 6.81. The molecule has 1 N–H and O–H groups in total. The maximum Gasteiger partial charge on any atom is 0.303 e. The number of aliphatic carboxylic acids is 1. The van der Waals surface area contributed by atoms with Crippen LogP contribution in [0.1, 0.15) is 12.8 Å². The molecule has 0 aliphatic heterocycles. The zero-order chi connectivity index (χ0) is 20.3. The Morgan fingerprint density at radius 2 is 1.68 bits per heavy atom. The van der Waals surface area contributed by atoms with E-state index in [-0.39, 0.29) is 34.3 Å². The minimum atomic E-state index is -3.99. The van der Waals surface area contributed by atoms with Crippen molar-refractivity contribution in [2.24, 2.45) is 0 Å². The van der Waals surface area contributed by atoms with Gasteiger partial charge in [0, 0.05) is 18.4 Å². The van der Waals surface area contributed by atoms with Crippen LogP contribution in [-0.4, -0.2) is 26.0 Å². The number of carboxylic acid groups (broad SMARTS) is 1. The normalized spacial score (nSPS) is 11.5. The predicted octanol–water partition coefficient (Wildman–Crippen LogP) is 5.21. The van der Waals surface area contributed by atoms with E-state index in [0.29, 0.717) is 5.69 Å².